The van der Waals surface area contributed by atoms with Crippen molar-refractivity contribution in [2.45, 2.75) is 6.92 Å². The summed E-state index contributed by atoms with van der Waals surface area (Å²) in [6, 6.07) is 7.00. The second-order valence-electron chi connectivity index (χ2n) is 3.42. The fourth-order valence-electron chi connectivity index (χ4n) is 1.24. The molecule has 5 nitrogen and oxygen atoms in total. The Bertz CT molecular complexity index is 355. The van der Waals surface area contributed by atoms with E-state index < -0.39 is 0 Å². The Balaban J connectivity index is 2.21. The van der Waals surface area contributed by atoms with Crippen molar-refractivity contribution >= 4 is 17.3 Å². The molecule has 0 saturated heterocycles. The lowest BCUT2D eigenvalue weighted by molar-refractivity contribution is -0.121. The molecule has 0 heterocycles. The van der Waals surface area contributed by atoms with E-state index in [1.807, 2.05) is 6.92 Å². The maximum Gasteiger partial charge on any atom is 0.250 e. The minimum absolute atomic E-state index is 0.0157. The molecular weight excluding hydrogens is 220 g/mol. The molecule has 1 amide bonds. The number of benzene rings is 1. The van der Waals surface area contributed by atoms with E-state index in [-0.39, 0.29) is 12.5 Å². The first-order chi connectivity index (χ1) is 8.22. The number of hydrogen-bond acceptors (Lipinski definition) is 4. The molecule has 1 aromatic carbocycles. The summed E-state index contributed by atoms with van der Waals surface area (Å²) in [5.41, 5.74) is 6.87. The quantitative estimate of drug-likeness (QED) is 0.554. The topological polar surface area (TPSA) is 73.6 Å². The van der Waals surface area contributed by atoms with Crippen LogP contribution in [-0.4, -0.2) is 32.3 Å². The predicted octanol–water partition coefficient (Wildman–Crippen LogP) is 1.26. The van der Waals surface area contributed by atoms with Crippen molar-refractivity contribution in [3.8, 4) is 0 Å². The SMILES string of the molecule is CCOCCOCC(=O)Nc1cccc(N)c1. The van der Waals surface area contributed by atoms with E-state index in [9.17, 15) is 4.79 Å². The molecule has 5 heteroatoms. The van der Waals surface area contributed by atoms with Crippen LogP contribution < -0.4 is 11.1 Å². The highest BCUT2D eigenvalue weighted by Gasteiger charge is 2.02. The second kappa shape index (κ2) is 7.65. The molecule has 94 valence electrons. The van der Waals surface area contributed by atoms with Gasteiger partial charge in [-0.05, 0) is 25.1 Å². The van der Waals surface area contributed by atoms with Crippen molar-refractivity contribution in [3.05, 3.63) is 24.3 Å². The van der Waals surface area contributed by atoms with Gasteiger partial charge in [0, 0.05) is 18.0 Å². The number of hydrogen-bond donors (Lipinski definition) is 2. The van der Waals surface area contributed by atoms with Gasteiger partial charge in [0.1, 0.15) is 6.61 Å². The molecule has 0 bridgehead atoms. The van der Waals surface area contributed by atoms with E-state index in [4.69, 9.17) is 15.2 Å². The molecule has 0 radical (unpaired) electrons. The van der Waals surface area contributed by atoms with E-state index in [0.29, 0.717) is 31.2 Å². The van der Waals surface area contributed by atoms with Crippen LogP contribution in [0.25, 0.3) is 0 Å². The van der Waals surface area contributed by atoms with Crippen LogP contribution in [0.3, 0.4) is 0 Å². The largest absolute Gasteiger partial charge is 0.399 e. The van der Waals surface area contributed by atoms with Crippen LogP contribution in [0, 0.1) is 0 Å². The van der Waals surface area contributed by atoms with Gasteiger partial charge in [-0.25, -0.2) is 0 Å². The zero-order valence-corrected chi connectivity index (χ0v) is 9.94. The van der Waals surface area contributed by atoms with Crippen molar-refractivity contribution in [3.63, 3.8) is 0 Å². The molecule has 1 rings (SSSR count). The van der Waals surface area contributed by atoms with Crippen molar-refractivity contribution in [1.82, 2.24) is 0 Å². The highest BCUT2D eigenvalue weighted by molar-refractivity contribution is 5.92. The third-order valence-corrected chi connectivity index (χ3v) is 1.98. The van der Waals surface area contributed by atoms with Crippen LogP contribution in [0.1, 0.15) is 6.92 Å². The van der Waals surface area contributed by atoms with Gasteiger partial charge in [0.2, 0.25) is 5.91 Å². The molecule has 0 fully saturated rings. The van der Waals surface area contributed by atoms with Crippen LogP contribution in [0.2, 0.25) is 0 Å². The summed E-state index contributed by atoms with van der Waals surface area (Å²) in [6.45, 7) is 3.49. The molecule has 0 spiro atoms. The Labute approximate surface area is 101 Å². The lowest BCUT2D eigenvalue weighted by Gasteiger charge is -2.06. The normalized spacial score (nSPS) is 10.2. The van der Waals surface area contributed by atoms with Gasteiger partial charge in [0.15, 0.2) is 0 Å². The molecule has 3 N–H and O–H groups in total. The van der Waals surface area contributed by atoms with Gasteiger partial charge < -0.3 is 20.5 Å². The molecule has 1 aromatic rings. The molecule has 0 unspecified atom stereocenters. The molecule has 0 aliphatic rings. The molecule has 0 aliphatic heterocycles. The number of nitrogens with two attached hydrogens (primary N) is 1. The summed E-state index contributed by atoms with van der Waals surface area (Å²) in [5.74, 6) is -0.202. The number of carbonyl (C=O) groups excluding carboxylic acids is 1. The number of anilines is 2. The fraction of sp³-hybridized carbons (Fsp3) is 0.417. The molecule has 17 heavy (non-hydrogen) atoms. The van der Waals surface area contributed by atoms with Gasteiger partial charge in [-0.1, -0.05) is 6.07 Å². The Hall–Kier alpha value is -1.59. The minimum atomic E-state index is -0.202. The second-order valence-corrected chi connectivity index (χ2v) is 3.42. The van der Waals surface area contributed by atoms with Gasteiger partial charge in [0.05, 0.1) is 13.2 Å². The standard InChI is InChI=1S/C12H18N2O3/c1-2-16-6-7-17-9-12(15)14-11-5-3-4-10(13)8-11/h3-5,8H,2,6-7,9,13H2,1H3,(H,14,15). The summed E-state index contributed by atoms with van der Waals surface area (Å²) >= 11 is 0. The number of nitrogens with one attached hydrogen (secondary N) is 1. The number of amides is 1. The maximum atomic E-state index is 11.4. The molecule has 0 atom stereocenters. The summed E-state index contributed by atoms with van der Waals surface area (Å²) in [4.78, 5) is 11.4. The molecule has 0 aliphatic carbocycles. The van der Waals surface area contributed by atoms with Gasteiger partial charge in [-0.15, -0.1) is 0 Å². The Morgan fingerprint density at radius 3 is 2.82 bits per heavy atom. The highest BCUT2D eigenvalue weighted by atomic mass is 16.5. The Kier molecular flexibility index (Phi) is 6.06. The summed E-state index contributed by atoms with van der Waals surface area (Å²) in [5, 5.41) is 2.69. The van der Waals surface area contributed by atoms with E-state index in [1.54, 1.807) is 24.3 Å². The van der Waals surface area contributed by atoms with Crippen molar-refractivity contribution in [2.24, 2.45) is 0 Å². The lowest BCUT2D eigenvalue weighted by atomic mass is 10.3. The Morgan fingerprint density at radius 2 is 2.12 bits per heavy atom. The van der Waals surface area contributed by atoms with Gasteiger partial charge >= 0.3 is 0 Å². The smallest absolute Gasteiger partial charge is 0.250 e. The van der Waals surface area contributed by atoms with Gasteiger partial charge in [0.25, 0.3) is 0 Å². The number of rotatable bonds is 7. The zero-order valence-electron chi connectivity index (χ0n) is 9.94. The average molecular weight is 238 g/mol. The average Bonchev–Trinajstić information content (AvgIpc) is 2.29. The molecular formula is C12H18N2O3. The monoisotopic (exact) mass is 238 g/mol. The van der Waals surface area contributed by atoms with Crippen LogP contribution >= 0.6 is 0 Å². The van der Waals surface area contributed by atoms with Crippen LogP contribution in [0.4, 0.5) is 11.4 Å². The van der Waals surface area contributed by atoms with Crippen molar-refractivity contribution in [2.75, 3.05) is 37.5 Å². The van der Waals surface area contributed by atoms with E-state index in [0.717, 1.165) is 0 Å². The molecule has 0 saturated carbocycles. The van der Waals surface area contributed by atoms with Crippen LogP contribution in [-0.2, 0) is 14.3 Å². The first-order valence-electron chi connectivity index (χ1n) is 5.53. The van der Waals surface area contributed by atoms with Crippen LogP contribution in [0.15, 0.2) is 24.3 Å². The number of nitrogen functional groups attached to an aromatic ring is 1. The fourth-order valence-corrected chi connectivity index (χ4v) is 1.24. The van der Waals surface area contributed by atoms with Crippen molar-refractivity contribution < 1.29 is 14.3 Å². The van der Waals surface area contributed by atoms with E-state index in [2.05, 4.69) is 5.32 Å². The molecule has 0 aromatic heterocycles. The maximum absolute atomic E-state index is 11.4. The van der Waals surface area contributed by atoms with E-state index in [1.165, 1.54) is 0 Å². The lowest BCUT2D eigenvalue weighted by Crippen LogP contribution is -2.19. The third kappa shape index (κ3) is 5.89. The highest BCUT2D eigenvalue weighted by Crippen LogP contribution is 2.11. The summed E-state index contributed by atoms with van der Waals surface area (Å²) < 4.78 is 10.2. The summed E-state index contributed by atoms with van der Waals surface area (Å²) in [6.07, 6.45) is 0. The van der Waals surface area contributed by atoms with Crippen LogP contribution in [0.5, 0.6) is 0 Å². The van der Waals surface area contributed by atoms with Crippen molar-refractivity contribution in [1.29, 1.82) is 0 Å². The Morgan fingerprint density at radius 1 is 1.35 bits per heavy atom. The van der Waals surface area contributed by atoms with E-state index >= 15 is 0 Å². The minimum Gasteiger partial charge on any atom is -0.399 e. The predicted molar refractivity (Wildman–Crippen MR) is 66.8 cm³/mol. The van der Waals surface area contributed by atoms with Gasteiger partial charge in [-0.2, -0.15) is 0 Å². The first-order valence-corrected chi connectivity index (χ1v) is 5.53. The van der Waals surface area contributed by atoms with Gasteiger partial charge in [-0.3, -0.25) is 4.79 Å². The first kappa shape index (κ1) is 13.5. The zero-order chi connectivity index (χ0) is 12.5. The number of ether oxygens (including phenoxy) is 2. The number of carbonyl (C=O) groups is 1. The third-order valence-electron chi connectivity index (χ3n) is 1.98. The summed E-state index contributed by atoms with van der Waals surface area (Å²) in [7, 11) is 0.